The Labute approximate surface area is 112 Å². The Morgan fingerprint density at radius 3 is 2.68 bits per heavy atom. The lowest BCUT2D eigenvalue weighted by molar-refractivity contribution is -0.137. The molecule has 19 heavy (non-hydrogen) atoms. The van der Waals surface area contributed by atoms with E-state index in [4.69, 9.17) is 10.8 Å². The van der Waals surface area contributed by atoms with Crippen molar-refractivity contribution in [1.82, 2.24) is 9.80 Å². The normalized spacial score (nSPS) is 19.0. The first kappa shape index (κ1) is 15.3. The Hall–Kier alpha value is -1.79. The van der Waals surface area contributed by atoms with Crippen LogP contribution in [0, 0.1) is 5.92 Å². The highest BCUT2D eigenvalue weighted by Crippen LogP contribution is 2.21. The largest absolute Gasteiger partial charge is 0.481 e. The maximum atomic E-state index is 12.0. The van der Waals surface area contributed by atoms with Gasteiger partial charge in [0.25, 0.3) is 0 Å². The lowest BCUT2D eigenvalue weighted by atomic mass is 9.93. The predicted molar refractivity (Wildman–Crippen MR) is 68.4 cm³/mol. The number of amides is 3. The third kappa shape index (κ3) is 5.15. The molecule has 0 aromatic heterocycles. The van der Waals surface area contributed by atoms with Crippen LogP contribution in [0.3, 0.4) is 0 Å². The van der Waals surface area contributed by atoms with Crippen LogP contribution in [0.25, 0.3) is 0 Å². The second-order valence-corrected chi connectivity index (χ2v) is 4.99. The number of carboxylic acid groups (broad SMARTS) is 1. The minimum atomic E-state index is -0.811. The third-order valence-corrected chi connectivity index (χ3v) is 3.28. The topological polar surface area (TPSA) is 104 Å². The molecular weight excluding hydrogens is 250 g/mol. The van der Waals surface area contributed by atoms with E-state index in [1.54, 1.807) is 4.90 Å². The van der Waals surface area contributed by atoms with Crippen LogP contribution < -0.4 is 5.73 Å². The van der Waals surface area contributed by atoms with Gasteiger partial charge in [-0.05, 0) is 25.2 Å². The molecule has 0 aromatic carbocycles. The smallest absolute Gasteiger partial charge is 0.320 e. The number of nitrogens with two attached hydrogens (primary N) is 1. The highest BCUT2D eigenvalue weighted by atomic mass is 16.4. The van der Waals surface area contributed by atoms with Gasteiger partial charge in [-0.2, -0.15) is 0 Å². The maximum absolute atomic E-state index is 12.0. The number of likely N-dealkylation sites (tertiary alicyclic amines) is 1. The van der Waals surface area contributed by atoms with Crippen molar-refractivity contribution in [3.05, 3.63) is 0 Å². The lowest BCUT2D eigenvalue weighted by Crippen LogP contribution is -2.48. The Bertz CT molecular complexity index is 359. The standard InChI is InChI=1S/C12H21N3O4/c1-14(8-10(13)16)12(19)15-6-2-3-9(7-15)4-5-11(17)18/h9H,2-8H2,1H3,(H2,13,16)(H,17,18). The average Bonchev–Trinajstić information content (AvgIpc) is 2.35. The third-order valence-electron chi connectivity index (χ3n) is 3.28. The first-order valence-electron chi connectivity index (χ1n) is 6.40. The molecule has 0 saturated carbocycles. The van der Waals surface area contributed by atoms with Crippen molar-refractivity contribution in [3.63, 3.8) is 0 Å². The van der Waals surface area contributed by atoms with E-state index in [0.29, 0.717) is 19.5 Å². The zero-order valence-electron chi connectivity index (χ0n) is 11.2. The highest BCUT2D eigenvalue weighted by molar-refractivity contribution is 5.82. The van der Waals surface area contributed by atoms with E-state index in [2.05, 4.69) is 0 Å². The summed E-state index contributed by atoms with van der Waals surface area (Å²) in [6, 6.07) is -0.223. The number of hydrogen-bond acceptors (Lipinski definition) is 3. The summed E-state index contributed by atoms with van der Waals surface area (Å²) in [4.78, 5) is 36.3. The van der Waals surface area contributed by atoms with E-state index in [1.807, 2.05) is 0 Å². The van der Waals surface area contributed by atoms with Gasteiger partial charge in [0.15, 0.2) is 0 Å². The average molecular weight is 271 g/mol. The van der Waals surface area contributed by atoms with Gasteiger partial charge in [-0.3, -0.25) is 9.59 Å². The number of aliphatic carboxylic acids is 1. The first-order valence-corrected chi connectivity index (χ1v) is 6.40. The molecule has 1 heterocycles. The van der Waals surface area contributed by atoms with Crippen molar-refractivity contribution in [3.8, 4) is 0 Å². The molecule has 1 aliphatic heterocycles. The SMILES string of the molecule is CN(CC(N)=O)C(=O)N1CCCC(CCC(=O)O)C1. The van der Waals surface area contributed by atoms with Gasteiger partial charge < -0.3 is 20.6 Å². The summed E-state index contributed by atoms with van der Waals surface area (Å²) in [7, 11) is 1.54. The molecule has 1 atom stereocenters. The molecule has 108 valence electrons. The molecule has 1 aliphatic rings. The van der Waals surface area contributed by atoms with E-state index < -0.39 is 11.9 Å². The van der Waals surface area contributed by atoms with Gasteiger partial charge in [0.05, 0.1) is 0 Å². The Balaban J connectivity index is 2.47. The second-order valence-electron chi connectivity index (χ2n) is 4.99. The summed E-state index contributed by atoms with van der Waals surface area (Å²) in [5.74, 6) is -1.14. The van der Waals surface area contributed by atoms with Crippen LogP contribution in [-0.2, 0) is 9.59 Å². The minimum Gasteiger partial charge on any atom is -0.481 e. The lowest BCUT2D eigenvalue weighted by Gasteiger charge is -2.35. The molecule has 3 amide bonds. The quantitative estimate of drug-likeness (QED) is 0.740. The van der Waals surface area contributed by atoms with Crippen LogP contribution in [-0.4, -0.2) is 59.5 Å². The summed E-state index contributed by atoms with van der Waals surface area (Å²) in [6.45, 7) is 1.09. The van der Waals surface area contributed by atoms with Gasteiger partial charge >= 0.3 is 12.0 Å². The molecule has 3 N–H and O–H groups in total. The van der Waals surface area contributed by atoms with E-state index in [-0.39, 0.29) is 24.9 Å². The van der Waals surface area contributed by atoms with Crippen LogP contribution >= 0.6 is 0 Å². The molecule has 0 aliphatic carbocycles. The van der Waals surface area contributed by atoms with Crippen molar-refractivity contribution in [2.45, 2.75) is 25.7 Å². The van der Waals surface area contributed by atoms with E-state index in [0.717, 1.165) is 12.8 Å². The van der Waals surface area contributed by atoms with E-state index in [9.17, 15) is 14.4 Å². The Morgan fingerprint density at radius 2 is 2.11 bits per heavy atom. The first-order chi connectivity index (χ1) is 8.90. The van der Waals surface area contributed by atoms with Crippen LogP contribution in [0.4, 0.5) is 4.79 Å². The number of urea groups is 1. The van der Waals surface area contributed by atoms with Crippen molar-refractivity contribution >= 4 is 17.9 Å². The van der Waals surface area contributed by atoms with Crippen LogP contribution in [0.2, 0.25) is 0 Å². The number of nitrogens with zero attached hydrogens (tertiary/aromatic N) is 2. The van der Waals surface area contributed by atoms with Crippen LogP contribution in [0.1, 0.15) is 25.7 Å². The molecule has 0 radical (unpaired) electrons. The fourth-order valence-corrected chi connectivity index (χ4v) is 2.34. The molecule has 7 nitrogen and oxygen atoms in total. The number of piperidine rings is 1. The van der Waals surface area contributed by atoms with Crippen molar-refractivity contribution < 1.29 is 19.5 Å². The molecule has 1 saturated heterocycles. The van der Waals surface area contributed by atoms with Gasteiger partial charge in [-0.25, -0.2) is 4.79 Å². The molecule has 1 fully saturated rings. The number of rotatable bonds is 5. The molecule has 1 unspecified atom stereocenters. The summed E-state index contributed by atoms with van der Waals surface area (Å²) in [5.41, 5.74) is 5.05. The van der Waals surface area contributed by atoms with Gasteiger partial charge in [-0.1, -0.05) is 0 Å². The van der Waals surface area contributed by atoms with Crippen molar-refractivity contribution in [1.29, 1.82) is 0 Å². The zero-order valence-corrected chi connectivity index (χ0v) is 11.2. The number of likely N-dealkylation sites (N-methyl/N-ethyl adjacent to an activating group) is 1. The van der Waals surface area contributed by atoms with Gasteiger partial charge in [-0.15, -0.1) is 0 Å². The molecule has 0 aromatic rings. The Morgan fingerprint density at radius 1 is 1.42 bits per heavy atom. The number of hydrogen-bond donors (Lipinski definition) is 2. The molecule has 0 bridgehead atoms. The minimum absolute atomic E-state index is 0.102. The van der Waals surface area contributed by atoms with E-state index >= 15 is 0 Å². The molecule has 7 heteroatoms. The molecular formula is C12H21N3O4. The number of carboxylic acids is 1. The van der Waals surface area contributed by atoms with Crippen LogP contribution in [0.15, 0.2) is 0 Å². The second kappa shape index (κ2) is 6.96. The van der Waals surface area contributed by atoms with Crippen molar-refractivity contribution in [2.24, 2.45) is 11.7 Å². The van der Waals surface area contributed by atoms with Crippen molar-refractivity contribution in [2.75, 3.05) is 26.7 Å². The van der Waals surface area contributed by atoms with Crippen LogP contribution in [0.5, 0.6) is 0 Å². The number of carbonyl (C=O) groups is 3. The summed E-state index contributed by atoms with van der Waals surface area (Å²) < 4.78 is 0. The highest BCUT2D eigenvalue weighted by Gasteiger charge is 2.26. The fourth-order valence-electron chi connectivity index (χ4n) is 2.34. The van der Waals surface area contributed by atoms with Gasteiger partial charge in [0, 0.05) is 26.6 Å². The number of carbonyl (C=O) groups excluding carboxylic acids is 2. The fraction of sp³-hybridized carbons (Fsp3) is 0.750. The summed E-state index contributed by atoms with van der Waals surface area (Å²) in [6.07, 6.45) is 2.51. The Kier molecular flexibility index (Phi) is 5.59. The zero-order chi connectivity index (χ0) is 14.4. The molecule has 1 rings (SSSR count). The summed E-state index contributed by atoms with van der Waals surface area (Å²) >= 11 is 0. The predicted octanol–water partition coefficient (Wildman–Crippen LogP) is 0.100. The van der Waals surface area contributed by atoms with Gasteiger partial charge in [0.1, 0.15) is 6.54 Å². The maximum Gasteiger partial charge on any atom is 0.320 e. The monoisotopic (exact) mass is 271 g/mol. The van der Waals surface area contributed by atoms with Gasteiger partial charge in [0.2, 0.25) is 5.91 Å². The van der Waals surface area contributed by atoms with E-state index in [1.165, 1.54) is 11.9 Å². The number of primary amides is 1. The summed E-state index contributed by atoms with van der Waals surface area (Å²) in [5, 5.41) is 8.67. The molecule has 0 spiro atoms.